The SMILES string of the molecule is CC1(C)CC(NC2=CC(=O)CC2)CC(C)(C)N1.Cl. The molecular weight excluding hydrogens is 248 g/mol. The van der Waals surface area contributed by atoms with Crippen molar-refractivity contribution in [3.05, 3.63) is 11.8 Å². The van der Waals surface area contributed by atoms with Crippen LogP contribution in [0.3, 0.4) is 0 Å². The fourth-order valence-corrected chi connectivity index (χ4v) is 3.40. The summed E-state index contributed by atoms with van der Waals surface area (Å²) in [7, 11) is 0. The Labute approximate surface area is 116 Å². The summed E-state index contributed by atoms with van der Waals surface area (Å²) in [6, 6.07) is 0.471. The molecule has 0 unspecified atom stereocenters. The molecule has 0 aromatic carbocycles. The summed E-state index contributed by atoms with van der Waals surface area (Å²) >= 11 is 0. The van der Waals surface area contributed by atoms with E-state index in [4.69, 9.17) is 0 Å². The number of allylic oxidation sites excluding steroid dienone is 2. The third kappa shape index (κ3) is 3.99. The summed E-state index contributed by atoms with van der Waals surface area (Å²) in [5, 5.41) is 7.23. The monoisotopic (exact) mass is 272 g/mol. The molecule has 1 heterocycles. The number of halogens is 1. The van der Waals surface area contributed by atoms with Gasteiger partial charge in [-0.2, -0.15) is 0 Å². The van der Waals surface area contributed by atoms with Gasteiger partial charge in [-0.05, 0) is 47.0 Å². The second kappa shape index (κ2) is 5.22. The summed E-state index contributed by atoms with van der Waals surface area (Å²) in [4.78, 5) is 11.2. The van der Waals surface area contributed by atoms with Gasteiger partial charge in [0.2, 0.25) is 0 Å². The van der Waals surface area contributed by atoms with Crippen LogP contribution >= 0.6 is 12.4 Å². The smallest absolute Gasteiger partial charge is 0.157 e. The van der Waals surface area contributed by atoms with Gasteiger partial charge >= 0.3 is 0 Å². The van der Waals surface area contributed by atoms with Crippen LogP contribution in [-0.4, -0.2) is 22.9 Å². The lowest BCUT2D eigenvalue weighted by atomic mass is 9.79. The topological polar surface area (TPSA) is 41.1 Å². The molecule has 0 aromatic rings. The molecule has 2 N–H and O–H groups in total. The van der Waals surface area contributed by atoms with Crippen LogP contribution in [0.4, 0.5) is 0 Å². The Morgan fingerprint density at radius 3 is 2.17 bits per heavy atom. The van der Waals surface area contributed by atoms with Crippen LogP contribution in [0.15, 0.2) is 11.8 Å². The van der Waals surface area contributed by atoms with Crippen molar-refractivity contribution in [2.24, 2.45) is 0 Å². The predicted molar refractivity (Wildman–Crippen MR) is 77.0 cm³/mol. The fraction of sp³-hybridized carbons (Fsp3) is 0.786. The third-order valence-corrected chi connectivity index (χ3v) is 3.56. The standard InChI is InChI=1S/C14H24N2O.ClH/c1-13(2)8-11(9-14(3,4)16-13)15-10-5-6-12(17)7-10;/h7,11,15-16H,5-6,8-9H2,1-4H3;1H. The quantitative estimate of drug-likeness (QED) is 0.812. The van der Waals surface area contributed by atoms with Crippen molar-refractivity contribution in [3.8, 4) is 0 Å². The van der Waals surface area contributed by atoms with Crippen molar-refractivity contribution in [2.75, 3.05) is 0 Å². The molecule has 0 spiro atoms. The Bertz CT molecular complexity index is 345. The van der Waals surface area contributed by atoms with E-state index >= 15 is 0 Å². The first-order chi connectivity index (χ1) is 7.76. The van der Waals surface area contributed by atoms with E-state index in [1.54, 1.807) is 6.08 Å². The predicted octanol–water partition coefficient (Wildman–Crippen LogP) is 2.55. The van der Waals surface area contributed by atoms with Gasteiger partial charge in [0.1, 0.15) is 0 Å². The molecule has 1 aliphatic heterocycles. The number of hydrogen-bond donors (Lipinski definition) is 2. The normalized spacial score (nSPS) is 26.4. The highest BCUT2D eigenvalue weighted by atomic mass is 35.5. The van der Waals surface area contributed by atoms with Gasteiger partial charge in [-0.15, -0.1) is 12.4 Å². The molecule has 4 heteroatoms. The van der Waals surface area contributed by atoms with E-state index in [1.165, 1.54) is 0 Å². The van der Waals surface area contributed by atoms with E-state index in [2.05, 4.69) is 38.3 Å². The number of hydrogen-bond acceptors (Lipinski definition) is 3. The number of nitrogens with one attached hydrogen (secondary N) is 2. The molecule has 104 valence electrons. The van der Waals surface area contributed by atoms with Crippen molar-refractivity contribution < 1.29 is 4.79 Å². The van der Waals surface area contributed by atoms with E-state index in [0.29, 0.717) is 12.5 Å². The van der Waals surface area contributed by atoms with Crippen LogP contribution in [0.25, 0.3) is 0 Å². The zero-order valence-electron chi connectivity index (χ0n) is 11.8. The maximum atomic E-state index is 11.2. The summed E-state index contributed by atoms with van der Waals surface area (Å²) in [6.07, 6.45) is 5.55. The molecule has 0 saturated carbocycles. The molecule has 0 aromatic heterocycles. The minimum absolute atomic E-state index is 0. The van der Waals surface area contributed by atoms with Gasteiger partial charge in [0.05, 0.1) is 0 Å². The molecule has 1 saturated heterocycles. The maximum Gasteiger partial charge on any atom is 0.157 e. The van der Waals surface area contributed by atoms with Crippen LogP contribution in [0.1, 0.15) is 53.4 Å². The minimum atomic E-state index is 0. The van der Waals surface area contributed by atoms with Gasteiger partial charge in [-0.3, -0.25) is 4.79 Å². The van der Waals surface area contributed by atoms with Crippen molar-refractivity contribution in [3.63, 3.8) is 0 Å². The van der Waals surface area contributed by atoms with E-state index in [0.717, 1.165) is 25.0 Å². The average molecular weight is 273 g/mol. The number of carbonyl (C=O) groups is 1. The first kappa shape index (κ1) is 15.5. The van der Waals surface area contributed by atoms with Crippen molar-refractivity contribution in [1.29, 1.82) is 0 Å². The van der Waals surface area contributed by atoms with Gasteiger partial charge < -0.3 is 10.6 Å². The lowest BCUT2D eigenvalue weighted by Crippen LogP contribution is -2.61. The molecule has 0 bridgehead atoms. The van der Waals surface area contributed by atoms with Crippen LogP contribution in [0.2, 0.25) is 0 Å². The Kier molecular flexibility index (Phi) is 4.50. The van der Waals surface area contributed by atoms with Crippen LogP contribution in [-0.2, 0) is 4.79 Å². The minimum Gasteiger partial charge on any atom is -0.385 e. The molecule has 2 aliphatic rings. The Balaban J connectivity index is 0.00000162. The largest absolute Gasteiger partial charge is 0.385 e. The molecule has 0 radical (unpaired) electrons. The van der Waals surface area contributed by atoms with E-state index in [-0.39, 0.29) is 29.3 Å². The lowest BCUT2D eigenvalue weighted by Gasteiger charge is -2.47. The summed E-state index contributed by atoms with van der Waals surface area (Å²) < 4.78 is 0. The highest BCUT2D eigenvalue weighted by Gasteiger charge is 2.37. The van der Waals surface area contributed by atoms with E-state index < -0.39 is 0 Å². The van der Waals surface area contributed by atoms with E-state index in [9.17, 15) is 4.79 Å². The van der Waals surface area contributed by atoms with Crippen molar-refractivity contribution in [1.82, 2.24) is 10.6 Å². The van der Waals surface area contributed by atoms with E-state index in [1.807, 2.05) is 0 Å². The molecular formula is C14H25ClN2O. The molecule has 1 aliphatic carbocycles. The Hall–Kier alpha value is -0.540. The number of rotatable bonds is 2. The van der Waals surface area contributed by atoms with Gasteiger partial charge in [0.25, 0.3) is 0 Å². The summed E-state index contributed by atoms with van der Waals surface area (Å²) in [6.45, 7) is 8.99. The molecule has 18 heavy (non-hydrogen) atoms. The van der Waals surface area contributed by atoms with Crippen molar-refractivity contribution >= 4 is 18.2 Å². The van der Waals surface area contributed by atoms with Crippen LogP contribution < -0.4 is 10.6 Å². The van der Waals surface area contributed by atoms with Crippen LogP contribution in [0, 0.1) is 0 Å². The second-order valence-electron chi connectivity index (χ2n) is 6.78. The number of ketones is 1. The van der Waals surface area contributed by atoms with Crippen molar-refractivity contribution in [2.45, 2.75) is 70.5 Å². The Morgan fingerprint density at radius 1 is 1.17 bits per heavy atom. The van der Waals surface area contributed by atoms with Gasteiger partial charge in [0.15, 0.2) is 5.78 Å². The molecule has 1 fully saturated rings. The highest BCUT2D eigenvalue weighted by molar-refractivity contribution is 5.92. The zero-order chi connectivity index (χ0) is 12.7. The van der Waals surface area contributed by atoms with Gasteiger partial charge in [-0.1, -0.05) is 0 Å². The number of carbonyl (C=O) groups excluding carboxylic acids is 1. The zero-order valence-corrected chi connectivity index (χ0v) is 12.6. The summed E-state index contributed by atoms with van der Waals surface area (Å²) in [5.74, 6) is 0.264. The Morgan fingerprint density at radius 2 is 1.72 bits per heavy atom. The average Bonchev–Trinajstić information content (AvgIpc) is 2.44. The molecule has 2 rings (SSSR count). The van der Waals surface area contributed by atoms with Gasteiger partial charge in [0, 0.05) is 35.3 Å². The lowest BCUT2D eigenvalue weighted by molar-refractivity contribution is -0.114. The molecule has 3 nitrogen and oxygen atoms in total. The maximum absolute atomic E-state index is 11.2. The first-order valence-electron chi connectivity index (χ1n) is 6.55. The molecule has 0 amide bonds. The number of piperidine rings is 1. The summed E-state index contributed by atoms with van der Waals surface area (Å²) in [5.41, 5.74) is 1.44. The van der Waals surface area contributed by atoms with Crippen LogP contribution in [0.5, 0.6) is 0 Å². The second-order valence-corrected chi connectivity index (χ2v) is 6.78. The third-order valence-electron chi connectivity index (χ3n) is 3.56. The first-order valence-corrected chi connectivity index (χ1v) is 6.55. The highest BCUT2D eigenvalue weighted by Crippen LogP contribution is 2.29. The fourth-order valence-electron chi connectivity index (χ4n) is 3.40. The molecule has 0 atom stereocenters. The van der Waals surface area contributed by atoms with Gasteiger partial charge in [-0.25, -0.2) is 0 Å².